The van der Waals surface area contributed by atoms with Crippen molar-refractivity contribution in [2.24, 2.45) is 0 Å². The molecule has 1 aromatic heterocycles. The Labute approximate surface area is 184 Å². The fourth-order valence-electron chi connectivity index (χ4n) is 4.79. The van der Waals surface area contributed by atoms with Crippen LogP contribution in [0, 0.1) is 0 Å². The molecule has 9 nitrogen and oxygen atoms in total. The number of hydrogen-bond donors (Lipinski definition) is 2. The molecule has 3 heterocycles. The Morgan fingerprint density at radius 2 is 1.77 bits per heavy atom. The monoisotopic (exact) mass is 434 g/mol. The summed E-state index contributed by atoms with van der Waals surface area (Å²) in [5.41, 5.74) is 5.22. The average Bonchev–Trinajstić information content (AvgIpc) is 3.28. The number of H-pyrrole nitrogens is 1. The molecule has 3 N–H and O–H groups in total. The summed E-state index contributed by atoms with van der Waals surface area (Å²) in [5.74, 6) is -0.0558. The van der Waals surface area contributed by atoms with Crippen LogP contribution in [0.3, 0.4) is 0 Å². The Hall–Kier alpha value is -2.13. The van der Waals surface area contributed by atoms with E-state index in [2.05, 4.69) is 14.8 Å². The number of nitrogens with one attached hydrogen (secondary N) is 1. The van der Waals surface area contributed by atoms with Gasteiger partial charge in [0.15, 0.2) is 5.69 Å². The zero-order chi connectivity index (χ0) is 22.4. The average molecular weight is 435 g/mol. The molecule has 2 fully saturated rings. The van der Waals surface area contributed by atoms with Crippen molar-refractivity contribution in [2.45, 2.75) is 71.4 Å². The van der Waals surface area contributed by atoms with E-state index in [1.54, 1.807) is 0 Å². The number of nitrogen functional groups attached to an aromatic ring is 1. The van der Waals surface area contributed by atoms with E-state index in [-0.39, 0.29) is 24.0 Å². The summed E-state index contributed by atoms with van der Waals surface area (Å²) in [6.07, 6.45) is 7.08. The second kappa shape index (κ2) is 10.9. The van der Waals surface area contributed by atoms with Gasteiger partial charge < -0.3 is 15.5 Å². The Morgan fingerprint density at radius 1 is 1.10 bits per heavy atom. The third-order valence-electron chi connectivity index (χ3n) is 6.54. The predicted molar refractivity (Wildman–Crippen MR) is 124 cm³/mol. The van der Waals surface area contributed by atoms with Crippen molar-refractivity contribution in [3.8, 4) is 0 Å². The van der Waals surface area contributed by atoms with Crippen LogP contribution in [0.1, 0.15) is 58.8 Å². The molecule has 1 amide bonds. The van der Waals surface area contributed by atoms with Gasteiger partial charge in [-0.2, -0.15) is 0 Å². The van der Waals surface area contributed by atoms with Gasteiger partial charge in [0.05, 0.1) is 6.54 Å². The number of likely N-dealkylation sites (tertiary alicyclic amines) is 2. The lowest BCUT2D eigenvalue weighted by Gasteiger charge is -2.37. The van der Waals surface area contributed by atoms with Gasteiger partial charge >= 0.3 is 5.69 Å². The quantitative estimate of drug-likeness (QED) is 0.605. The Bertz CT molecular complexity index is 850. The molecular formula is C22H38N6O3. The number of rotatable bonds is 9. The maximum Gasteiger partial charge on any atom is 0.330 e. The number of carbonyl (C=O) groups is 1. The number of unbranched alkanes of at least 4 members (excludes halogenated alkanes) is 1. The van der Waals surface area contributed by atoms with Crippen molar-refractivity contribution in [2.75, 3.05) is 49.9 Å². The zero-order valence-corrected chi connectivity index (χ0v) is 19.1. The van der Waals surface area contributed by atoms with E-state index in [1.165, 1.54) is 35.4 Å². The van der Waals surface area contributed by atoms with Gasteiger partial charge in [-0.3, -0.25) is 24.0 Å². The van der Waals surface area contributed by atoms with Crippen LogP contribution in [-0.4, -0.2) is 70.6 Å². The van der Waals surface area contributed by atoms with Gasteiger partial charge in [-0.1, -0.05) is 20.3 Å². The molecule has 0 saturated carbocycles. The normalized spacial score (nSPS) is 18.5. The first-order chi connectivity index (χ1) is 15.0. The minimum absolute atomic E-state index is 0.0767. The van der Waals surface area contributed by atoms with Crippen molar-refractivity contribution in [3.63, 3.8) is 0 Å². The fraction of sp³-hybridized carbons (Fsp3) is 0.773. The van der Waals surface area contributed by atoms with Gasteiger partial charge in [0, 0.05) is 32.2 Å². The maximum absolute atomic E-state index is 13.3. The lowest BCUT2D eigenvalue weighted by atomic mass is 10.0. The van der Waals surface area contributed by atoms with Gasteiger partial charge in [0.2, 0.25) is 5.91 Å². The van der Waals surface area contributed by atoms with Crippen LogP contribution in [-0.2, 0) is 11.3 Å². The van der Waals surface area contributed by atoms with Crippen molar-refractivity contribution in [1.29, 1.82) is 0 Å². The van der Waals surface area contributed by atoms with Crippen LogP contribution in [0.25, 0.3) is 0 Å². The third-order valence-corrected chi connectivity index (χ3v) is 6.54. The molecule has 174 valence electrons. The van der Waals surface area contributed by atoms with Crippen molar-refractivity contribution < 1.29 is 4.79 Å². The summed E-state index contributed by atoms with van der Waals surface area (Å²) in [7, 11) is 0. The lowest BCUT2D eigenvalue weighted by molar-refractivity contribution is -0.120. The smallest absolute Gasteiger partial charge is 0.330 e. The predicted octanol–water partition coefficient (Wildman–Crippen LogP) is 1.22. The summed E-state index contributed by atoms with van der Waals surface area (Å²) in [4.78, 5) is 46.7. The molecule has 31 heavy (non-hydrogen) atoms. The SMILES string of the molecule is CCCCN(C(=O)CN1CCC(N2CCCC2)CC1)c1c(N)n(CCC)c(=O)[nH]c1=O. The van der Waals surface area contributed by atoms with Crippen LogP contribution < -0.4 is 21.9 Å². The molecule has 0 unspecified atom stereocenters. The fourth-order valence-corrected chi connectivity index (χ4v) is 4.79. The van der Waals surface area contributed by atoms with E-state index in [9.17, 15) is 14.4 Å². The molecular weight excluding hydrogens is 396 g/mol. The lowest BCUT2D eigenvalue weighted by Crippen LogP contribution is -2.49. The summed E-state index contributed by atoms with van der Waals surface area (Å²) in [5, 5.41) is 0. The molecule has 0 aliphatic carbocycles. The highest BCUT2D eigenvalue weighted by atomic mass is 16.2. The number of amides is 1. The van der Waals surface area contributed by atoms with E-state index in [0.717, 1.165) is 38.8 Å². The van der Waals surface area contributed by atoms with Crippen LogP contribution in [0.5, 0.6) is 0 Å². The van der Waals surface area contributed by atoms with E-state index >= 15 is 0 Å². The van der Waals surface area contributed by atoms with Gasteiger partial charge in [-0.05, 0) is 51.6 Å². The van der Waals surface area contributed by atoms with E-state index in [0.29, 0.717) is 25.6 Å². The highest BCUT2D eigenvalue weighted by molar-refractivity contribution is 5.96. The van der Waals surface area contributed by atoms with Crippen molar-refractivity contribution >= 4 is 17.4 Å². The summed E-state index contributed by atoms with van der Waals surface area (Å²) in [6.45, 7) is 9.21. The van der Waals surface area contributed by atoms with Crippen molar-refractivity contribution in [1.82, 2.24) is 19.4 Å². The topological polar surface area (TPSA) is 108 Å². The summed E-state index contributed by atoms with van der Waals surface area (Å²) >= 11 is 0. The van der Waals surface area contributed by atoms with Crippen LogP contribution >= 0.6 is 0 Å². The molecule has 3 rings (SSSR count). The second-order valence-corrected chi connectivity index (χ2v) is 8.79. The molecule has 0 bridgehead atoms. The third kappa shape index (κ3) is 5.57. The van der Waals surface area contributed by atoms with E-state index < -0.39 is 11.2 Å². The largest absolute Gasteiger partial charge is 0.383 e. The van der Waals surface area contributed by atoms with Crippen molar-refractivity contribution in [3.05, 3.63) is 20.8 Å². The Balaban J connectivity index is 1.74. The molecule has 2 saturated heterocycles. The van der Waals surface area contributed by atoms with E-state index in [1.807, 2.05) is 13.8 Å². The minimum atomic E-state index is -0.591. The molecule has 2 aliphatic rings. The molecule has 0 radical (unpaired) electrons. The number of nitrogens with zero attached hydrogens (tertiary/aromatic N) is 4. The number of piperidine rings is 1. The highest BCUT2D eigenvalue weighted by Crippen LogP contribution is 2.22. The van der Waals surface area contributed by atoms with E-state index in [4.69, 9.17) is 5.73 Å². The van der Waals surface area contributed by atoms with Gasteiger partial charge in [-0.15, -0.1) is 0 Å². The minimum Gasteiger partial charge on any atom is -0.383 e. The number of anilines is 2. The summed E-state index contributed by atoms with van der Waals surface area (Å²) < 4.78 is 1.35. The molecule has 2 aliphatic heterocycles. The number of carbonyl (C=O) groups excluding carboxylic acids is 1. The first kappa shape index (κ1) is 23.5. The second-order valence-electron chi connectivity index (χ2n) is 8.79. The highest BCUT2D eigenvalue weighted by Gasteiger charge is 2.29. The molecule has 0 spiro atoms. The van der Waals surface area contributed by atoms with Crippen LogP contribution in [0.2, 0.25) is 0 Å². The zero-order valence-electron chi connectivity index (χ0n) is 19.1. The Kier molecular flexibility index (Phi) is 8.31. The number of hydrogen-bond acceptors (Lipinski definition) is 6. The van der Waals surface area contributed by atoms with Gasteiger partial charge in [0.1, 0.15) is 5.82 Å². The van der Waals surface area contributed by atoms with Crippen LogP contribution in [0.4, 0.5) is 11.5 Å². The van der Waals surface area contributed by atoms with Gasteiger partial charge in [0.25, 0.3) is 5.56 Å². The molecule has 1 aromatic rings. The standard InChI is InChI=1S/C22H38N6O3/c1-3-5-13-27(19-20(23)28(10-4-2)22(31)24-21(19)30)18(29)16-25-14-8-17(9-15-25)26-11-6-7-12-26/h17H,3-16,23H2,1-2H3,(H,24,30,31). The number of nitrogens with two attached hydrogens (primary N) is 1. The maximum atomic E-state index is 13.3. The first-order valence-electron chi connectivity index (χ1n) is 11.9. The number of aromatic amines is 1. The molecule has 0 atom stereocenters. The summed E-state index contributed by atoms with van der Waals surface area (Å²) in [6, 6.07) is 0.626. The van der Waals surface area contributed by atoms with Gasteiger partial charge in [-0.25, -0.2) is 4.79 Å². The Morgan fingerprint density at radius 3 is 2.39 bits per heavy atom. The molecule has 9 heteroatoms. The number of aromatic nitrogens is 2. The van der Waals surface area contributed by atoms with Crippen LogP contribution in [0.15, 0.2) is 9.59 Å². The molecule has 0 aromatic carbocycles. The first-order valence-corrected chi connectivity index (χ1v) is 11.9.